The van der Waals surface area contributed by atoms with Gasteiger partial charge in [-0.2, -0.15) is 0 Å². The van der Waals surface area contributed by atoms with Crippen LogP contribution < -0.4 is 20.3 Å². The van der Waals surface area contributed by atoms with Crippen molar-refractivity contribution in [1.29, 1.82) is 0 Å². The molecule has 0 bridgehead atoms. The van der Waals surface area contributed by atoms with Crippen LogP contribution in [0.2, 0.25) is 0 Å². The van der Waals surface area contributed by atoms with Gasteiger partial charge in [-0.15, -0.1) is 0 Å². The number of rotatable bonds is 2. The number of cyclic esters (lactones) is 1. The van der Waals surface area contributed by atoms with Crippen molar-refractivity contribution in [2.45, 2.75) is 32.4 Å². The Morgan fingerprint density at radius 1 is 1.32 bits per heavy atom. The van der Waals surface area contributed by atoms with Crippen molar-refractivity contribution in [3.8, 4) is 5.75 Å². The fourth-order valence-electron chi connectivity index (χ4n) is 2.90. The largest absolute Gasteiger partial charge is 0.481 e. The molecule has 8 nitrogen and oxygen atoms in total. The normalized spacial score (nSPS) is 20.2. The van der Waals surface area contributed by atoms with E-state index >= 15 is 0 Å². The first-order valence-corrected chi connectivity index (χ1v) is 7.66. The lowest BCUT2D eigenvalue weighted by atomic mass is 10.0. The Labute approximate surface area is 143 Å². The van der Waals surface area contributed by atoms with Crippen LogP contribution in [0.15, 0.2) is 12.1 Å². The Hall–Kier alpha value is -2.84. The minimum atomic E-state index is -1.10. The maximum atomic E-state index is 14.8. The summed E-state index contributed by atoms with van der Waals surface area (Å²) < 4.78 is 25.0. The number of ether oxygens (including phenoxy) is 2. The zero-order valence-electron chi connectivity index (χ0n) is 14.0. The van der Waals surface area contributed by atoms with E-state index in [9.17, 15) is 18.8 Å². The molecule has 2 N–H and O–H groups in total. The van der Waals surface area contributed by atoms with Crippen molar-refractivity contribution >= 4 is 29.3 Å². The minimum Gasteiger partial charge on any atom is -0.481 e. The fraction of sp³-hybridized carbons (Fsp3) is 0.438. The van der Waals surface area contributed by atoms with Crippen LogP contribution in [-0.4, -0.2) is 42.7 Å². The van der Waals surface area contributed by atoms with Gasteiger partial charge in [0.1, 0.15) is 11.4 Å². The highest BCUT2D eigenvalue weighted by atomic mass is 19.1. The highest BCUT2D eigenvalue weighted by Crippen LogP contribution is 2.42. The van der Waals surface area contributed by atoms with Crippen molar-refractivity contribution < 1.29 is 28.2 Å². The number of hydrogen-bond acceptors (Lipinski definition) is 5. The van der Waals surface area contributed by atoms with E-state index in [-0.39, 0.29) is 36.2 Å². The molecule has 2 heterocycles. The number of primary amides is 1. The highest BCUT2D eigenvalue weighted by molar-refractivity contribution is 6.00. The topological polar surface area (TPSA) is 102 Å². The first-order valence-electron chi connectivity index (χ1n) is 7.66. The lowest BCUT2D eigenvalue weighted by Gasteiger charge is -2.39. The van der Waals surface area contributed by atoms with E-state index in [2.05, 4.69) is 0 Å². The van der Waals surface area contributed by atoms with Gasteiger partial charge in [-0.1, -0.05) is 0 Å². The van der Waals surface area contributed by atoms with Gasteiger partial charge in [0, 0.05) is 17.7 Å². The van der Waals surface area contributed by atoms with E-state index < -0.39 is 29.5 Å². The predicted octanol–water partition coefficient (Wildman–Crippen LogP) is 1.16. The number of nitrogens with two attached hydrogens (primary N) is 1. The molecule has 1 fully saturated rings. The average Bonchev–Trinajstić information content (AvgIpc) is 2.88. The van der Waals surface area contributed by atoms with Crippen LogP contribution in [0.3, 0.4) is 0 Å². The zero-order chi connectivity index (χ0) is 18.5. The van der Waals surface area contributed by atoms with Gasteiger partial charge in [0.25, 0.3) is 11.8 Å². The van der Waals surface area contributed by atoms with Gasteiger partial charge in [-0.3, -0.25) is 19.4 Å². The number of nitrogens with zero attached hydrogens (tertiary/aromatic N) is 2. The number of benzene rings is 1. The molecule has 3 rings (SSSR count). The molecule has 1 unspecified atom stereocenters. The molecule has 0 saturated carbocycles. The summed E-state index contributed by atoms with van der Waals surface area (Å²) in [5, 5.41) is 0. The first kappa shape index (κ1) is 17.0. The Balaban J connectivity index is 2.02. The highest BCUT2D eigenvalue weighted by Gasteiger charge is 2.39. The summed E-state index contributed by atoms with van der Waals surface area (Å²) in [6.45, 7) is 4.99. The molecule has 2 aliphatic rings. The number of carbonyl (C=O) groups is 3. The Morgan fingerprint density at radius 3 is 2.56 bits per heavy atom. The van der Waals surface area contributed by atoms with Gasteiger partial charge in [0.05, 0.1) is 12.2 Å². The van der Waals surface area contributed by atoms with Gasteiger partial charge < -0.3 is 15.2 Å². The number of hydrogen-bond donors (Lipinski definition) is 1. The number of amides is 3. The van der Waals surface area contributed by atoms with Gasteiger partial charge in [0.15, 0.2) is 18.5 Å². The second-order valence-electron chi connectivity index (χ2n) is 6.85. The lowest BCUT2D eigenvalue weighted by Crippen LogP contribution is -2.50. The van der Waals surface area contributed by atoms with Gasteiger partial charge >= 0.3 is 6.09 Å². The smallest absolute Gasteiger partial charge is 0.415 e. The number of fused-ring (bicyclic) bond motifs is 1. The monoisotopic (exact) mass is 351 g/mol. The maximum absolute atomic E-state index is 14.8. The molecule has 3 amide bonds. The summed E-state index contributed by atoms with van der Waals surface area (Å²) >= 11 is 0. The van der Waals surface area contributed by atoms with E-state index in [1.165, 1.54) is 11.0 Å². The zero-order valence-corrected chi connectivity index (χ0v) is 14.0. The predicted molar refractivity (Wildman–Crippen MR) is 85.9 cm³/mol. The SMILES string of the molecule is CC(C)(C)N1C(=O)COc2cc(N3CC(C(N)=O)OC3=O)cc(F)c21. The molecular weight excluding hydrogens is 333 g/mol. The van der Waals surface area contributed by atoms with Crippen LogP contribution in [0.5, 0.6) is 5.75 Å². The summed E-state index contributed by atoms with van der Waals surface area (Å²) in [4.78, 5) is 37.7. The van der Waals surface area contributed by atoms with Crippen molar-refractivity contribution in [3.63, 3.8) is 0 Å². The molecule has 0 spiro atoms. The molecule has 2 aliphatic heterocycles. The number of halogens is 1. The van der Waals surface area contributed by atoms with Gasteiger partial charge in [-0.05, 0) is 20.8 Å². The lowest BCUT2D eigenvalue weighted by molar-refractivity contribution is -0.124. The fourth-order valence-corrected chi connectivity index (χ4v) is 2.90. The van der Waals surface area contributed by atoms with Crippen molar-refractivity contribution in [2.75, 3.05) is 23.0 Å². The second kappa shape index (κ2) is 5.61. The van der Waals surface area contributed by atoms with Crippen LogP contribution in [0, 0.1) is 5.82 Å². The van der Waals surface area contributed by atoms with Gasteiger partial charge in [-0.25, -0.2) is 9.18 Å². The van der Waals surface area contributed by atoms with Crippen LogP contribution in [-0.2, 0) is 14.3 Å². The molecule has 0 aliphatic carbocycles. The summed E-state index contributed by atoms with van der Waals surface area (Å²) in [5.41, 5.74) is 4.67. The van der Waals surface area contributed by atoms with Crippen molar-refractivity contribution in [3.05, 3.63) is 17.9 Å². The molecule has 1 saturated heterocycles. The number of carbonyl (C=O) groups excluding carboxylic acids is 3. The van der Waals surface area contributed by atoms with Crippen molar-refractivity contribution in [2.24, 2.45) is 5.73 Å². The Bertz CT molecular complexity index is 774. The summed E-state index contributed by atoms with van der Waals surface area (Å²) in [6.07, 6.45) is -1.90. The summed E-state index contributed by atoms with van der Waals surface area (Å²) in [6, 6.07) is 2.54. The van der Waals surface area contributed by atoms with E-state index in [4.69, 9.17) is 15.2 Å². The quantitative estimate of drug-likeness (QED) is 0.861. The van der Waals surface area contributed by atoms with Crippen LogP contribution in [0.4, 0.5) is 20.6 Å². The molecule has 25 heavy (non-hydrogen) atoms. The average molecular weight is 351 g/mol. The van der Waals surface area contributed by atoms with Crippen LogP contribution in [0.1, 0.15) is 20.8 Å². The van der Waals surface area contributed by atoms with E-state index in [0.717, 1.165) is 11.0 Å². The Kier molecular flexibility index (Phi) is 3.81. The third-order valence-electron chi connectivity index (χ3n) is 3.95. The maximum Gasteiger partial charge on any atom is 0.415 e. The summed E-state index contributed by atoms with van der Waals surface area (Å²) in [7, 11) is 0. The summed E-state index contributed by atoms with van der Waals surface area (Å²) in [5.74, 6) is -1.72. The third kappa shape index (κ3) is 2.86. The molecule has 0 radical (unpaired) electrons. The third-order valence-corrected chi connectivity index (χ3v) is 3.95. The molecule has 0 aromatic heterocycles. The number of anilines is 2. The van der Waals surface area contributed by atoms with Crippen molar-refractivity contribution in [1.82, 2.24) is 0 Å². The molecule has 134 valence electrons. The van der Waals surface area contributed by atoms with Crippen LogP contribution >= 0.6 is 0 Å². The van der Waals surface area contributed by atoms with E-state index in [1.54, 1.807) is 20.8 Å². The standard InChI is InChI=1S/C16H18FN3O5/c1-16(2,3)20-12(21)7-24-10-5-8(4-9(17)13(10)20)19-6-11(14(18)22)25-15(19)23/h4-5,11H,6-7H2,1-3H3,(H2,18,22). The Morgan fingerprint density at radius 2 is 2.00 bits per heavy atom. The van der Waals surface area contributed by atoms with Gasteiger partial charge in [0.2, 0.25) is 0 Å². The molecule has 1 aromatic rings. The first-order chi connectivity index (χ1) is 11.6. The van der Waals surface area contributed by atoms with E-state index in [0.29, 0.717) is 0 Å². The minimum absolute atomic E-state index is 0.0199. The second-order valence-corrected chi connectivity index (χ2v) is 6.85. The molecule has 1 atom stereocenters. The van der Waals surface area contributed by atoms with Crippen LogP contribution in [0.25, 0.3) is 0 Å². The molecule has 1 aromatic carbocycles. The van der Waals surface area contributed by atoms with E-state index in [1.807, 2.05) is 0 Å². The molecule has 9 heteroatoms. The molecular formula is C16H18FN3O5.